The summed E-state index contributed by atoms with van der Waals surface area (Å²) in [5, 5.41) is 0. The molecule has 0 amide bonds. The molecule has 0 fully saturated rings. The Morgan fingerprint density at radius 1 is 1.41 bits per heavy atom. The van der Waals surface area contributed by atoms with E-state index in [4.69, 9.17) is 10.5 Å². The van der Waals surface area contributed by atoms with Crippen LogP contribution in [0.4, 0.5) is 5.69 Å². The molecule has 0 saturated carbocycles. The van der Waals surface area contributed by atoms with Crippen molar-refractivity contribution in [2.24, 2.45) is 0 Å². The fourth-order valence-corrected chi connectivity index (χ4v) is 1.63. The molecule has 17 heavy (non-hydrogen) atoms. The highest BCUT2D eigenvalue weighted by molar-refractivity contribution is 5.76. The van der Waals surface area contributed by atoms with Crippen LogP contribution in [0.1, 0.15) is 5.56 Å². The van der Waals surface area contributed by atoms with Gasteiger partial charge in [-0.3, -0.25) is 0 Å². The van der Waals surface area contributed by atoms with E-state index in [1.807, 2.05) is 25.1 Å². The third-order valence-corrected chi connectivity index (χ3v) is 2.47. The molecule has 88 valence electrons. The van der Waals surface area contributed by atoms with Crippen LogP contribution in [0.2, 0.25) is 0 Å². The number of nitrogens with zero attached hydrogens (tertiary/aromatic N) is 1. The van der Waals surface area contributed by atoms with E-state index in [1.165, 1.54) is 6.20 Å². The number of rotatable bonds is 2. The topological polar surface area (TPSA) is 81.0 Å². The van der Waals surface area contributed by atoms with Gasteiger partial charge in [-0.05, 0) is 24.6 Å². The van der Waals surface area contributed by atoms with Crippen LogP contribution in [0.15, 0.2) is 29.2 Å². The molecule has 0 saturated heterocycles. The highest BCUT2D eigenvalue weighted by atomic mass is 16.5. The van der Waals surface area contributed by atoms with Gasteiger partial charge in [0.05, 0.1) is 24.7 Å². The van der Waals surface area contributed by atoms with E-state index in [1.54, 1.807) is 7.11 Å². The van der Waals surface area contributed by atoms with Gasteiger partial charge in [0.2, 0.25) is 0 Å². The molecule has 1 heterocycles. The van der Waals surface area contributed by atoms with E-state index in [9.17, 15) is 4.79 Å². The maximum absolute atomic E-state index is 11.2. The largest absolute Gasteiger partial charge is 0.496 e. The van der Waals surface area contributed by atoms with Crippen molar-refractivity contribution in [1.29, 1.82) is 0 Å². The molecule has 1 aromatic carbocycles. The van der Waals surface area contributed by atoms with E-state index in [0.29, 0.717) is 17.1 Å². The Balaban J connectivity index is 2.67. The van der Waals surface area contributed by atoms with Crippen LogP contribution >= 0.6 is 0 Å². The smallest absolute Gasteiger partial charge is 0.345 e. The quantitative estimate of drug-likeness (QED) is 0.817. The van der Waals surface area contributed by atoms with Gasteiger partial charge < -0.3 is 15.5 Å². The molecule has 1 aromatic heterocycles. The normalized spacial score (nSPS) is 10.2. The second kappa shape index (κ2) is 4.29. The zero-order valence-corrected chi connectivity index (χ0v) is 9.65. The molecular weight excluding hydrogens is 218 g/mol. The second-order valence-corrected chi connectivity index (χ2v) is 3.72. The van der Waals surface area contributed by atoms with E-state index >= 15 is 0 Å². The molecule has 0 aliphatic heterocycles. The number of benzene rings is 1. The summed E-state index contributed by atoms with van der Waals surface area (Å²) in [4.78, 5) is 17.4. The monoisotopic (exact) mass is 231 g/mol. The second-order valence-electron chi connectivity index (χ2n) is 3.72. The van der Waals surface area contributed by atoms with Crippen molar-refractivity contribution in [3.05, 3.63) is 40.4 Å². The first-order valence-corrected chi connectivity index (χ1v) is 5.11. The van der Waals surface area contributed by atoms with E-state index in [-0.39, 0.29) is 0 Å². The molecule has 2 aromatic rings. The average Bonchev–Trinajstić information content (AvgIpc) is 2.32. The molecule has 0 bridgehead atoms. The minimum absolute atomic E-state index is 0.409. The van der Waals surface area contributed by atoms with Crippen molar-refractivity contribution in [2.75, 3.05) is 12.8 Å². The Bertz CT molecular complexity index is 605. The molecule has 5 heteroatoms. The van der Waals surface area contributed by atoms with Gasteiger partial charge in [-0.25, -0.2) is 4.79 Å². The maximum atomic E-state index is 11.2. The minimum atomic E-state index is -0.433. The van der Waals surface area contributed by atoms with Gasteiger partial charge in [0.1, 0.15) is 5.75 Å². The molecule has 0 unspecified atom stereocenters. The van der Waals surface area contributed by atoms with Crippen LogP contribution in [0, 0.1) is 6.92 Å². The van der Waals surface area contributed by atoms with Gasteiger partial charge >= 0.3 is 5.69 Å². The summed E-state index contributed by atoms with van der Waals surface area (Å²) in [5.41, 5.74) is 8.12. The maximum Gasteiger partial charge on any atom is 0.345 e. The van der Waals surface area contributed by atoms with Crippen molar-refractivity contribution in [1.82, 2.24) is 9.97 Å². The summed E-state index contributed by atoms with van der Waals surface area (Å²) in [5.74, 6) is 0.665. The SMILES string of the molecule is COc1cc(C)ccc1-c1[nH]c(=O)ncc1N. The Kier molecular flexibility index (Phi) is 2.82. The molecule has 5 nitrogen and oxygen atoms in total. The molecule has 0 spiro atoms. The highest BCUT2D eigenvalue weighted by Gasteiger charge is 2.10. The van der Waals surface area contributed by atoms with Gasteiger partial charge in [0.25, 0.3) is 0 Å². The van der Waals surface area contributed by atoms with Gasteiger partial charge in [-0.15, -0.1) is 0 Å². The summed E-state index contributed by atoms with van der Waals surface area (Å²) < 4.78 is 5.28. The van der Waals surface area contributed by atoms with Crippen LogP contribution < -0.4 is 16.2 Å². The predicted molar refractivity (Wildman–Crippen MR) is 66.0 cm³/mol. The number of hydrogen-bond acceptors (Lipinski definition) is 4. The first-order valence-electron chi connectivity index (χ1n) is 5.11. The number of H-pyrrole nitrogens is 1. The molecule has 2 rings (SSSR count). The van der Waals surface area contributed by atoms with Crippen LogP contribution in [0.3, 0.4) is 0 Å². The van der Waals surface area contributed by atoms with Crippen molar-refractivity contribution >= 4 is 5.69 Å². The molecule has 0 aliphatic carbocycles. The van der Waals surface area contributed by atoms with Crippen LogP contribution in [0.25, 0.3) is 11.3 Å². The Morgan fingerprint density at radius 2 is 2.18 bits per heavy atom. The first kappa shape index (κ1) is 11.2. The zero-order chi connectivity index (χ0) is 12.4. The van der Waals surface area contributed by atoms with Gasteiger partial charge in [0.15, 0.2) is 0 Å². The number of aryl methyl sites for hydroxylation is 1. The predicted octanol–water partition coefficient (Wildman–Crippen LogP) is 1.34. The molecule has 0 aliphatic rings. The zero-order valence-electron chi connectivity index (χ0n) is 9.65. The minimum Gasteiger partial charge on any atom is -0.496 e. The van der Waals surface area contributed by atoms with Gasteiger partial charge in [-0.1, -0.05) is 6.07 Å². The number of aromatic nitrogens is 2. The standard InChI is InChI=1S/C12H13N3O2/c1-7-3-4-8(10(5-7)17-2)11-9(13)6-14-12(16)15-11/h3-6H,13H2,1-2H3,(H,14,15,16). The Labute approximate surface area is 98.3 Å². The summed E-state index contributed by atoms with van der Waals surface area (Å²) in [6, 6.07) is 5.67. The number of nitrogens with one attached hydrogen (secondary N) is 1. The third-order valence-electron chi connectivity index (χ3n) is 2.47. The lowest BCUT2D eigenvalue weighted by Gasteiger charge is -2.10. The number of hydrogen-bond donors (Lipinski definition) is 2. The van der Waals surface area contributed by atoms with Gasteiger partial charge in [0, 0.05) is 5.56 Å². The number of methoxy groups -OCH3 is 1. The van der Waals surface area contributed by atoms with Crippen molar-refractivity contribution < 1.29 is 4.74 Å². The molecule has 3 N–H and O–H groups in total. The average molecular weight is 231 g/mol. The lowest BCUT2D eigenvalue weighted by molar-refractivity contribution is 0.416. The fourth-order valence-electron chi connectivity index (χ4n) is 1.63. The molecular formula is C12H13N3O2. The van der Waals surface area contributed by atoms with Crippen LogP contribution in [0.5, 0.6) is 5.75 Å². The van der Waals surface area contributed by atoms with Gasteiger partial charge in [-0.2, -0.15) is 4.98 Å². The number of ether oxygens (including phenoxy) is 1. The van der Waals surface area contributed by atoms with Crippen molar-refractivity contribution in [3.63, 3.8) is 0 Å². The Morgan fingerprint density at radius 3 is 2.88 bits per heavy atom. The summed E-state index contributed by atoms with van der Waals surface area (Å²) in [7, 11) is 1.58. The lowest BCUT2D eigenvalue weighted by Crippen LogP contribution is -2.12. The number of nitrogen functional groups attached to an aromatic ring is 1. The number of aromatic amines is 1. The number of nitrogens with two attached hydrogens (primary N) is 1. The summed E-state index contributed by atoms with van der Waals surface area (Å²) in [6.07, 6.45) is 1.34. The summed E-state index contributed by atoms with van der Waals surface area (Å²) in [6.45, 7) is 1.96. The fraction of sp³-hybridized carbons (Fsp3) is 0.167. The van der Waals surface area contributed by atoms with Crippen molar-refractivity contribution in [2.45, 2.75) is 6.92 Å². The molecule has 0 radical (unpaired) electrons. The lowest BCUT2D eigenvalue weighted by atomic mass is 10.1. The first-order chi connectivity index (χ1) is 8.11. The Hall–Kier alpha value is -2.30. The van der Waals surface area contributed by atoms with Crippen molar-refractivity contribution in [3.8, 4) is 17.0 Å². The molecule has 0 atom stereocenters. The van der Waals surface area contributed by atoms with Crippen LogP contribution in [-0.2, 0) is 0 Å². The van der Waals surface area contributed by atoms with E-state index in [2.05, 4.69) is 9.97 Å². The highest BCUT2D eigenvalue weighted by Crippen LogP contribution is 2.31. The number of anilines is 1. The van der Waals surface area contributed by atoms with E-state index in [0.717, 1.165) is 11.1 Å². The third kappa shape index (κ3) is 2.13. The van der Waals surface area contributed by atoms with E-state index < -0.39 is 5.69 Å². The van der Waals surface area contributed by atoms with Crippen LogP contribution in [-0.4, -0.2) is 17.1 Å². The summed E-state index contributed by atoms with van der Waals surface area (Å²) >= 11 is 0.